The lowest BCUT2D eigenvalue weighted by Gasteiger charge is -2.17. The Morgan fingerprint density at radius 1 is 1.11 bits per heavy atom. The third-order valence-electron chi connectivity index (χ3n) is 3.05. The maximum atomic E-state index is 11.2. The Morgan fingerprint density at radius 2 is 1.95 bits per heavy atom. The van der Waals surface area contributed by atoms with Crippen LogP contribution in [0.4, 0.5) is 5.82 Å². The van der Waals surface area contributed by atoms with Gasteiger partial charge in [0, 0.05) is 5.69 Å². The highest BCUT2D eigenvalue weighted by Gasteiger charge is 2.17. The number of aryl methyl sites for hydroxylation is 2. The number of fused-ring (bicyclic) bond motifs is 1. The van der Waals surface area contributed by atoms with E-state index in [1.165, 1.54) is 5.56 Å². The number of aromatic nitrogens is 1. The Balaban J connectivity index is 1.72. The van der Waals surface area contributed by atoms with E-state index in [9.17, 15) is 4.79 Å². The van der Waals surface area contributed by atoms with E-state index < -0.39 is 0 Å². The molecule has 1 aliphatic heterocycles. The number of ether oxygens (including phenoxy) is 1. The van der Waals surface area contributed by atoms with E-state index in [0.717, 1.165) is 18.5 Å². The zero-order chi connectivity index (χ0) is 13.1. The molecule has 3 rings (SSSR count). The van der Waals surface area contributed by atoms with Gasteiger partial charge in [-0.25, -0.2) is 4.98 Å². The number of hydrogen-bond donors (Lipinski definition) is 1. The highest BCUT2D eigenvalue weighted by Crippen LogP contribution is 2.25. The standard InChI is InChI=1S/C15H14N2O2/c18-14-10-19-13-9-8-12(16-15(13)17-14)7-6-11-4-2-1-3-5-11/h1-5,8-9H,6-7,10H2,(H,16,17,18). The molecule has 2 aromatic rings. The summed E-state index contributed by atoms with van der Waals surface area (Å²) in [6.45, 7) is 0.0675. The Morgan fingerprint density at radius 3 is 2.79 bits per heavy atom. The molecule has 4 nitrogen and oxygen atoms in total. The van der Waals surface area contributed by atoms with Gasteiger partial charge in [-0.3, -0.25) is 4.79 Å². The maximum Gasteiger partial charge on any atom is 0.263 e. The summed E-state index contributed by atoms with van der Waals surface area (Å²) in [6.07, 6.45) is 1.77. The van der Waals surface area contributed by atoms with Crippen LogP contribution in [-0.4, -0.2) is 17.5 Å². The van der Waals surface area contributed by atoms with Crippen LogP contribution in [0.25, 0.3) is 0 Å². The van der Waals surface area contributed by atoms with E-state index in [4.69, 9.17) is 4.74 Å². The van der Waals surface area contributed by atoms with Gasteiger partial charge < -0.3 is 10.1 Å². The van der Waals surface area contributed by atoms with Crippen molar-refractivity contribution in [3.8, 4) is 5.75 Å². The van der Waals surface area contributed by atoms with Crippen LogP contribution in [0.2, 0.25) is 0 Å². The molecule has 1 aromatic heterocycles. The van der Waals surface area contributed by atoms with Crippen molar-refractivity contribution >= 4 is 11.7 Å². The zero-order valence-corrected chi connectivity index (χ0v) is 10.4. The van der Waals surface area contributed by atoms with Crippen molar-refractivity contribution in [2.45, 2.75) is 12.8 Å². The number of carbonyl (C=O) groups excluding carboxylic acids is 1. The molecule has 1 aliphatic rings. The smallest absolute Gasteiger partial charge is 0.263 e. The molecule has 0 unspecified atom stereocenters. The molecule has 19 heavy (non-hydrogen) atoms. The molecule has 1 N–H and O–H groups in total. The van der Waals surface area contributed by atoms with E-state index in [0.29, 0.717) is 11.6 Å². The second-order valence-corrected chi connectivity index (χ2v) is 4.47. The topological polar surface area (TPSA) is 51.2 Å². The number of amides is 1. The fraction of sp³-hybridized carbons (Fsp3) is 0.200. The first-order chi connectivity index (χ1) is 9.31. The minimum atomic E-state index is -0.153. The summed E-state index contributed by atoms with van der Waals surface area (Å²) in [7, 11) is 0. The summed E-state index contributed by atoms with van der Waals surface area (Å²) < 4.78 is 5.28. The van der Waals surface area contributed by atoms with Crippen LogP contribution in [-0.2, 0) is 17.6 Å². The summed E-state index contributed by atoms with van der Waals surface area (Å²) in [5, 5.41) is 2.72. The minimum absolute atomic E-state index is 0.0675. The SMILES string of the molecule is O=C1COc2ccc(CCc3ccccc3)nc2N1. The van der Waals surface area contributed by atoms with Gasteiger partial charge in [0.1, 0.15) is 0 Å². The molecule has 0 saturated heterocycles. The summed E-state index contributed by atoms with van der Waals surface area (Å²) >= 11 is 0. The van der Waals surface area contributed by atoms with E-state index in [2.05, 4.69) is 22.4 Å². The number of carbonyl (C=O) groups is 1. The van der Waals surface area contributed by atoms with Gasteiger partial charge in [-0.15, -0.1) is 0 Å². The van der Waals surface area contributed by atoms with Gasteiger partial charge in [0.05, 0.1) is 0 Å². The second-order valence-electron chi connectivity index (χ2n) is 4.47. The number of nitrogens with zero attached hydrogens (tertiary/aromatic N) is 1. The largest absolute Gasteiger partial charge is 0.480 e. The quantitative estimate of drug-likeness (QED) is 0.913. The summed E-state index contributed by atoms with van der Waals surface area (Å²) in [6, 6.07) is 14.1. The number of pyridine rings is 1. The molecule has 96 valence electrons. The molecular weight excluding hydrogens is 240 g/mol. The van der Waals surface area contributed by atoms with E-state index in [1.54, 1.807) is 0 Å². The van der Waals surface area contributed by atoms with Crippen molar-refractivity contribution in [2.75, 3.05) is 11.9 Å². The van der Waals surface area contributed by atoms with E-state index in [1.807, 2.05) is 30.3 Å². The van der Waals surface area contributed by atoms with Gasteiger partial charge in [-0.1, -0.05) is 30.3 Å². The normalized spacial score (nSPS) is 13.4. The molecule has 0 aliphatic carbocycles. The number of hydrogen-bond acceptors (Lipinski definition) is 3. The number of benzene rings is 1. The van der Waals surface area contributed by atoms with Crippen LogP contribution >= 0.6 is 0 Å². The average molecular weight is 254 g/mol. The molecule has 0 saturated carbocycles. The lowest BCUT2D eigenvalue weighted by molar-refractivity contribution is -0.118. The Kier molecular flexibility index (Phi) is 3.14. The second kappa shape index (κ2) is 5.10. The van der Waals surface area contributed by atoms with Gasteiger partial charge in [0.2, 0.25) is 0 Å². The highest BCUT2D eigenvalue weighted by atomic mass is 16.5. The number of rotatable bonds is 3. The first-order valence-corrected chi connectivity index (χ1v) is 6.28. The van der Waals surface area contributed by atoms with E-state index in [-0.39, 0.29) is 12.5 Å². The summed E-state index contributed by atoms with van der Waals surface area (Å²) in [5.41, 5.74) is 2.23. The number of nitrogens with one attached hydrogen (secondary N) is 1. The Labute approximate surface area is 111 Å². The average Bonchev–Trinajstić information content (AvgIpc) is 2.46. The van der Waals surface area contributed by atoms with Crippen LogP contribution in [0.1, 0.15) is 11.3 Å². The molecule has 1 aromatic carbocycles. The zero-order valence-electron chi connectivity index (χ0n) is 10.4. The van der Waals surface area contributed by atoms with Crippen molar-refractivity contribution in [2.24, 2.45) is 0 Å². The molecule has 0 atom stereocenters. The molecule has 2 heterocycles. The first kappa shape index (κ1) is 11.7. The molecule has 0 bridgehead atoms. The van der Waals surface area contributed by atoms with Crippen molar-refractivity contribution in [3.63, 3.8) is 0 Å². The number of anilines is 1. The summed E-state index contributed by atoms with van der Waals surface area (Å²) in [5.74, 6) is 1.02. The Hall–Kier alpha value is -2.36. The maximum absolute atomic E-state index is 11.2. The molecular formula is C15H14N2O2. The van der Waals surface area contributed by atoms with Crippen LogP contribution in [0, 0.1) is 0 Å². The lowest BCUT2D eigenvalue weighted by Crippen LogP contribution is -2.26. The lowest BCUT2D eigenvalue weighted by atomic mass is 10.1. The van der Waals surface area contributed by atoms with Crippen molar-refractivity contribution in [3.05, 3.63) is 53.7 Å². The molecule has 4 heteroatoms. The fourth-order valence-corrected chi connectivity index (χ4v) is 2.06. The van der Waals surface area contributed by atoms with Gasteiger partial charge in [0.15, 0.2) is 18.2 Å². The van der Waals surface area contributed by atoms with Crippen LogP contribution < -0.4 is 10.1 Å². The van der Waals surface area contributed by atoms with Gasteiger partial charge in [-0.05, 0) is 30.5 Å². The Bertz CT molecular complexity index is 596. The van der Waals surface area contributed by atoms with E-state index >= 15 is 0 Å². The van der Waals surface area contributed by atoms with Crippen LogP contribution in [0.5, 0.6) is 5.75 Å². The first-order valence-electron chi connectivity index (χ1n) is 6.28. The van der Waals surface area contributed by atoms with Gasteiger partial charge in [-0.2, -0.15) is 0 Å². The summed E-state index contributed by atoms with van der Waals surface area (Å²) in [4.78, 5) is 15.7. The monoisotopic (exact) mass is 254 g/mol. The highest BCUT2D eigenvalue weighted by molar-refractivity contribution is 5.94. The van der Waals surface area contributed by atoms with Gasteiger partial charge >= 0.3 is 0 Å². The third kappa shape index (κ3) is 2.73. The van der Waals surface area contributed by atoms with Crippen molar-refractivity contribution in [1.82, 2.24) is 4.98 Å². The molecule has 0 spiro atoms. The van der Waals surface area contributed by atoms with Crippen molar-refractivity contribution in [1.29, 1.82) is 0 Å². The molecule has 1 amide bonds. The van der Waals surface area contributed by atoms with Crippen LogP contribution in [0.3, 0.4) is 0 Å². The third-order valence-corrected chi connectivity index (χ3v) is 3.05. The minimum Gasteiger partial charge on any atom is -0.480 e. The predicted molar refractivity (Wildman–Crippen MR) is 72.2 cm³/mol. The molecule has 0 fully saturated rings. The molecule has 0 radical (unpaired) electrons. The van der Waals surface area contributed by atoms with Gasteiger partial charge in [0.25, 0.3) is 5.91 Å². The van der Waals surface area contributed by atoms with Crippen LogP contribution in [0.15, 0.2) is 42.5 Å². The fourth-order valence-electron chi connectivity index (χ4n) is 2.06. The predicted octanol–water partition coefficient (Wildman–Crippen LogP) is 2.20. The van der Waals surface area contributed by atoms with Crippen molar-refractivity contribution < 1.29 is 9.53 Å².